The summed E-state index contributed by atoms with van der Waals surface area (Å²) in [5.74, 6) is -0.392. The van der Waals surface area contributed by atoms with Gasteiger partial charge in [-0.2, -0.15) is 5.10 Å². The normalized spacial score (nSPS) is 10.4. The summed E-state index contributed by atoms with van der Waals surface area (Å²) >= 11 is 0. The summed E-state index contributed by atoms with van der Waals surface area (Å²) in [7, 11) is 1.49. The van der Waals surface area contributed by atoms with Crippen LogP contribution in [-0.2, 0) is 13.6 Å². The van der Waals surface area contributed by atoms with Crippen LogP contribution >= 0.6 is 0 Å². The summed E-state index contributed by atoms with van der Waals surface area (Å²) in [5.41, 5.74) is 2.05. The lowest BCUT2D eigenvalue weighted by molar-refractivity contribution is 0.0943. The van der Waals surface area contributed by atoms with Gasteiger partial charge in [0.2, 0.25) is 0 Å². The van der Waals surface area contributed by atoms with Gasteiger partial charge < -0.3 is 5.32 Å². The minimum Gasteiger partial charge on any atom is -0.345 e. The maximum absolute atomic E-state index is 12.2. The van der Waals surface area contributed by atoms with Gasteiger partial charge in [-0.25, -0.2) is 4.68 Å². The second-order valence-electron chi connectivity index (χ2n) is 4.95. The molecule has 3 aromatic rings. The highest BCUT2D eigenvalue weighted by Gasteiger charge is 2.12. The quantitative estimate of drug-likeness (QED) is 0.753. The molecule has 120 valence electrons. The Labute approximate surface area is 137 Å². The van der Waals surface area contributed by atoms with Gasteiger partial charge in [0, 0.05) is 43.5 Å². The Balaban J connectivity index is 1.79. The fourth-order valence-corrected chi connectivity index (χ4v) is 2.13. The number of nitrogens with zero attached hydrogens (tertiary/aromatic N) is 5. The van der Waals surface area contributed by atoms with Crippen molar-refractivity contribution in [1.82, 2.24) is 30.0 Å². The van der Waals surface area contributed by atoms with Crippen molar-refractivity contribution in [2.45, 2.75) is 6.54 Å². The summed E-state index contributed by atoms with van der Waals surface area (Å²) in [6.07, 6.45) is 6.49. The first kappa shape index (κ1) is 15.5. The monoisotopic (exact) mass is 322 g/mol. The number of pyridine rings is 1. The third-order valence-corrected chi connectivity index (χ3v) is 3.34. The minimum atomic E-state index is -0.392. The molecule has 0 unspecified atom stereocenters. The molecule has 3 rings (SSSR count). The fraction of sp³-hybridized carbons (Fsp3) is 0.125. The van der Waals surface area contributed by atoms with E-state index in [2.05, 4.69) is 25.4 Å². The lowest BCUT2D eigenvalue weighted by Crippen LogP contribution is -2.28. The van der Waals surface area contributed by atoms with Crippen molar-refractivity contribution < 1.29 is 4.79 Å². The number of rotatable bonds is 4. The summed E-state index contributed by atoms with van der Waals surface area (Å²) < 4.78 is 1.11. The van der Waals surface area contributed by atoms with Crippen molar-refractivity contribution in [1.29, 1.82) is 0 Å². The molecular weight excluding hydrogens is 308 g/mol. The second kappa shape index (κ2) is 6.78. The van der Waals surface area contributed by atoms with Gasteiger partial charge in [0.1, 0.15) is 5.69 Å². The first-order valence-electron chi connectivity index (χ1n) is 7.18. The Morgan fingerprint density at radius 2 is 1.83 bits per heavy atom. The van der Waals surface area contributed by atoms with E-state index >= 15 is 0 Å². The Hall–Kier alpha value is -3.42. The molecule has 0 fully saturated rings. The summed E-state index contributed by atoms with van der Waals surface area (Å²) in [6.45, 7) is 0.189. The number of aromatic nitrogens is 5. The lowest BCUT2D eigenvalue weighted by Gasteiger charge is -2.09. The molecule has 24 heavy (non-hydrogen) atoms. The first-order valence-corrected chi connectivity index (χ1v) is 7.18. The maximum atomic E-state index is 12.2. The zero-order valence-electron chi connectivity index (χ0n) is 12.9. The number of carbonyl (C=O) groups is 1. The molecule has 0 aromatic carbocycles. The number of nitrogens with one attached hydrogen (secondary N) is 1. The smallest absolute Gasteiger partial charge is 0.272 e. The molecule has 3 heterocycles. The summed E-state index contributed by atoms with van der Waals surface area (Å²) in [4.78, 5) is 36.1. The summed E-state index contributed by atoms with van der Waals surface area (Å²) in [6, 6.07) is 6.33. The van der Waals surface area contributed by atoms with Crippen molar-refractivity contribution in [3.63, 3.8) is 0 Å². The van der Waals surface area contributed by atoms with E-state index in [9.17, 15) is 9.59 Å². The van der Waals surface area contributed by atoms with Crippen molar-refractivity contribution in [3.05, 3.63) is 70.8 Å². The highest BCUT2D eigenvalue weighted by molar-refractivity contribution is 5.92. The van der Waals surface area contributed by atoms with Gasteiger partial charge in [-0.15, -0.1) is 0 Å². The standard InChI is InChI=1S/C16H14N6O2/c1-22-14(23)3-2-12(21-22)16(24)20-10-13-15(19-9-8-18-13)11-4-6-17-7-5-11/h2-9H,10H2,1H3,(H,20,24). The first-order chi connectivity index (χ1) is 11.6. The molecule has 8 heteroatoms. The van der Waals surface area contributed by atoms with Crippen LogP contribution in [0.5, 0.6) is 0 Å². The third-order valence-electron chi connectivity index (χ3n) is 3.34. The van der Waals surface area contributed by atoms with Crippen molar-refractivity contribution >= 4 is 5.91 Å². The average Bonchev–Trinajstić information content (AvgIpc) is 2.63. The van der Waals surface area contributed by atoms with Crippen molar-refractivity contribution in [2.24, 2.45) is 7.05 Å². The van der Waals surface area contributed by atoms with Crippen LogP contribution in [0.2, 0.25) is 0 Å². The van der Waals surface area contributed by atoms with E-state index in [1.807, 2.05) is 12.1 Å². The number of amides is 1. The van der Waals surface area contributed by atoms with Crippen LogP contribution in [0, 0.1) is 0 Å². The van der Waals surface area contributed by atoms with Gasteiger partial charge in [-0.05, 0) is 18.2 Å². The number of aryl methyl sites for hydroxylation is 1. The van der Waals surface area contributed by atoms with Crippen LogP contribution in [0.25, 0.3) is 11.3 Å². The highest BCUT2D eigenvalue weighted by Crippen LogP contribution is 2.18. The van der Waals surface area contributed by atoms with Crippen LogP contribution in [0.4, 0.5) is 0 Å². The second-order valence-corrected chi connectivity index (χ2v) is 4.95. The Kier molecular flexibility index (Phi) is 4.37. The molecule has 1 amide bonds. The van der Waals surface area contributed by atoms with Crippen LogP contribution in [0.15, 0.2) is 53.8 Å². The SMILES string of the molecule is Cn1nc(C(=O)NCc2nccnc2-c2ccncc2)ccc1=O. The maximum Gasteiger partial charge on any atom is 0.272 e. The van der Waals surface area contributed by atoms with E-state index < -0.39 is 5.91 Å². The molecule has 0 bridgehead atoms. The Morgan fingerprint density at radius 3 is 2.58 bits per heavy atom. The summed E-state index contributed by atoms with van der Waals surface area (Å²) in [5, 5.41) is 6.65. The molecule has 0 aliphatic rings. The van der Waals surface area contributed by atoms with E-state index in [1.54, 1.807) is 24.8 Å². The number of hydrogen-bond donors (Lipinski definition) is 1. The van der Waals surface area contributed by atoms with Gasteiger partial charge in [-0.3, -0.25) is 24.5 Å². The third kappa shape index (κ3) is 3.32. The van der Waals surface area contributed by atoms with Gasteiger partial charge in [0.05, 0.1) is 17.9 Å². The van der Waals surface area contributed by atoms with Crippen LogP contribution in [0.3, 0.4) is 0 Å². The molecule has 0 saturated carbocycles. The van der Waals surface area contributed by atoms with Crippen LogP contribution in [-0.4, -0.2) is 30.6 Å². The molecule has 0 saturated heterocycles. The molecule has 3 aromatic heterocycles. The molecular formula is C16H14N6O2. The minimum absolute atomic E-state index is 0.159. The predicted molar refractivity (Wildman–Crippen MR) is 85.9 cm³/mol. The van der Waals surface area contributed by atoms with E-state index in [4.69, 9.17) is 0 Å². The number of hydrogen-bond acceptors (Lipinski definition) is 6. The Morgan fingerprint density at radius 1 is 1.08 bits per heavy atom. The highest BCUT2D eigenvalue weighted by atomic mass is 16.2. The van der Waals surface area contributed by atoms with E-state index in [0.29, 0.717) is 11.4 Å². The molecule has 1 N–H and O–H groups in total. The average molecular weight is 322 g/mol. The topological polar surface area (TPSA) is 103 Å². The molecule has 0 spiro atoms. The molecule has 0 atom stereocenters. The molecule has 0 aliphatic carbocycles. The molecule has 8 nitrogen and oxygen atoms in total. The Bertz CT molecular complexity index is 923. The zero-order valence-corrected chi connectivity index (χ0v) is 12.9. The largest absolute Gasteiger partial charge is 0.345 e. The molecule has 0 aliphatic heterocycles. The van der Waals surface area contributed by atoms with Crippen molar-refractivity contribution in [3.8, 4) is 11.3 Å². The zero-order chi connectivity index (χ0) is 16.9. The van der Waals surface area contributed by atoms with Gasteiger partial charge in [0.25, 0.3) is 11.5 Å². The van der Waals surface area contributed by atoms with Crippen LogP contribution < -0.4 is 10.9 Å². The van der Waals surface area contributed by atoms with Crippen molar-refractivity contribution in [2.75, 3.05) is 0 Å². The van der Waals surface area contributed by atoms with E-state index in [-0.39, 0.29) is 17.8 Å². The fourth-order valence-electron chi connectivity index (χ4n) is 2.13. The van der Waals surface area contributed by atoms with E-state index in [1.165, 1.54) is 19.2 Å². The predicted octanol–water partition coefficient (Wildman–Crippen LogP) is 0.562. The molecule has 0 radical (unpaired) electrons. The van der Waals surface area contributed by atoms with Gasteiger partial charge in [0.15, 0.2) is 0 Å². The van der Waals surface area contributed by atoms with Crippen LogP contribution in [0.1, 0.15) is 16.2 Å². The number of carbonyl (C=O) groups excluding carboxylic acids is 1. The lowest BCUT2D eigenvalue weighted by atomic mass is 10.1. The van der Waals surface area contributed by atoms with E-state index in [0.717, 1.165) is 10.2 Å². The van der Waals surface area contributed by atoms with Gasteiger partial charge >= 0.3 is 0 Å². The van der Waals surface area contributed by atoms with Gasteiger partial charge in [-0.1, -0.05) is 0 Å².